The molecule has 0 amide bonds. The van der Waals surface area contributed by atoms with Crippen molar-refractivity contribution in [3.63, 3.8) is 0 Å². The van der Waals surface area contributed by atoms with Crippen molar-refractivity contribution < 1.29 is 9.13 Å². The molecule has 5 heteroatoms. The molecular formula is C12H16BrFN2O. The highest BCUT2D eigenvalue weighted by molar-refractivity contribution is 9.10. The molecule has 1 aliphatic rings. The summed E-state index contributed by atoms with van der Waals surface area (Å²) in [7, 11) is 0. The molecule has 3 nitrogen and oxygen atoms in total. The normalized spacial score (nSPS) is 17.1. The van der Waals surface area contributed by atoms with Crippen LogP contribution in [0.2, 0.25) is 0 Å². The van der Waals surface area contributed by atoms with Gasteiger partial charge in [-0.15, -0.1) is 0 Å². The van der Waals surface area contributed by atoms with Gasteiger partial charge in [-0.25, -0.2) is 4.39 Å². The summed E-state index contributed by atoms with van der Waals surface area (Å²) in [5, 5.41) is 3.23. The monoisotopic (exact) mass is 302 g/mol. The van der Waals surface area contributed by atoms with Crippen LogP contribution in [0.5, 0.6) is 0 Å². The first-order chi connectivity index (χ1) is 8.25. The van der Waals surface area contributed by atoms with Gasteiger partial charge in [0, 0.05) is 30.7 Å². The molecule has 0 aromatic heterocycles. The summed E-state index contributed by atoms with van der Waals surface area (Å²) in [6, 6.07) is 4.66. The number of nitrogens with one attached hydrogen (secondary N) is 1. The van der Waals surface area contributed by atoms with Gasteiger partial charge >= 0.3 is 0 Å². The van der Waals surface area contributed by atoms with E-state index in [9.17, 15) is 4.39 Å². The van der Waals surface area contributed by atoms with E-state index in [2.05, 4.69) is 26.1 Å². The highest BCUT2D eigenvalue weighted by Crippen LogP contribution is 2.22. The van der Waals surface area contributed by atoms with E-state index in [4.69, 9.17) is 4.74 Å². The molecule has 1 heterocycles. The zero-order valence-corrected chi connectivity index (χ0v) is 11.2. The van der Waals surface area contributed by atoms with E-state index in [1.165, 1.54) is 12.1 Å². The van der Waals surface area contributed by atoms with Crippen LogP contribution in [-0.2, 0) is 4.74 Å². The Morgan fingerprint density at radius 3 is 2.88 bits per heavy atom. The third-order valence-electron chi connectivity index (χ3n) is 2.78. The molecule has 1 fully saturated rings. The van der Waals surface area contributed by atoms with Crippen molar-refractivity contribution in [2.45, 2.75) is 0 Å². The number of hydrogen-bond acceptors (Lipinski definition) is 3. The second kappa shape index (κ2) is 6.33. The zero-order chi connectivity index (χ0) is 12.1. The van der Waals surface area contributed by atoms with Gasteiger partial charge in [-0.2, -0.15) is 0 Å². The molecule has 0 aliphatic carbocycles. The van der Waals surface area contributed by atoms with Gasteiger partial charge in [0.2, 0.25) is 0 Å². The lowest BCUT2D eigenvalue weighted by Gasteiger charge is -2.26. The van der Waals surface area contributed by atoms with Gasteiger partial charge in [-0.3, -0.25) is 4.90 Å². The van der Waals surface area contributed by atoms with Crippen molar-refractivity contribution >= 4 is 21.6 Å². The zero-order valence-electron chi connectivity index (χ0n) is 9.59. The molecule has 17 heavy (non-hydrogen) atoms. The van der Waals surface area contributed by atoms with Gasteiger partial charge < -0.3 is 10.1 Å². The van der Waals surface area contributed by atoms with E-state index in [0.29, 0.717) is 0 Å². The van der Waals surface area contributed by atoms with Crippen LogP contribution in [0.4, 0.5) is 10.1 Å². The Bertz CT molecular complexity index is 370. The van der Waals surface area contributed by atoms with Crippen LogP contribution in [0, 0.1) is 5.82 Å². The summed E-state index contributed by atoms with van der Waals surface area (Å²) in [6.07, 6.45) is 0. The number of morpholine rings is 1. The summed E-state index contributed by atoms with van der Waals surface area (Å²) >= 11 is 3.39. The first kappa shape index (κ1) is 12.8. The topological polar surface area (TPSA) is 24.5 Å². The molecular weight excluding hydrogens is 287 g/mol. The Morgan fingerprint density at radius 2 is 2.12 bits per heavy atom. The number of rotatable bonds is 4. The lowest BCUT2D eigenvalue weighted by Crippen LogP contribution is -2.39. The highest BCUT2D eigenvalue weighted by atomic mass is 79.9. The van der Waals surface area contributed by atoms with Crippen LogP contribution < -0.4 is 5.32 Å². The molecule has 1 aliphatic heterocycles. The molecule has 1 saturated heterocycles. The fourth-order valence-electron chi connectivity index (χ4n) is 1.81. The smallest absolute Gasteiger partial charge is 0.125 e. The van der Waals surface area contributed by atoms with Crippen LogP contribution in [-0.4, -0.2) is 44.3 Å². The van der Waals surface area contributed by atoms with Gasteiger partial charge in [0.15, 0.2) is 0 Å². The molecule has 0 radical (unpaired) electrons. The summed E-state index contributed by atoms with van der Waals surface area (Å²) in [6.45, 7) is 5.33. The van der Waals surface area contributed by atoms with E-state index in [1.54, 1.807) is 6.07 Å². The van der Waals surface area contributed by atoms with Crippen molar-refractivity contribution in [1.29, 1.82) is 0 Å². The van der Waals surface area contributed by atoms with E-state index in [1.807, 2.05) is 0 Å². The number of benzene rings is 1. The molecule has 94 valence electrons. The fraction of sp³-hybridized carbons (Fsp3) is 0.500. The van der Waals surface area contributed by atoms with Crippen LogP contribution in [0.15, 0.2) is 22.7 Å². The van der Waals surface area contributed by atoms with Crippen LogP contribution >= 0.6 is 15.9 Å². The van der Waals surface area contributed by atoms with Crippen molar-refractivity contribution in [3.8, 4) is 0 Å². The molecule has 0 atom stereocenters. The molecule has 0 bridgehead atoms. The van der Waals surface area contributed by atoms with Crippen LogP contribution in [0.25, 0.3) is 0 Å². The lowest BCUT2D eigenvalue weighted by atomic mass is 10.3. The Hall–Kier alpha value is -0.650. The molecule has 1 aromatic rings. The van der Waals surface area contributed by atoms with Crippen molar-refractivity contribution in [2.75, 3.05) is 44.7 Å². The third kappa shape index (κ3) is 3.94. The minimum absolute atomic E-state index is 0.220. The number of hydrogen-bond donors (Lipinski definition) is 1. The van der Waals surface area contributed by atoms with Crippen molar-refractivity contribution in [3.05, 3.63) is 28.5 Å². The Morgan fingerprint density at radius 1 is 1.35 bits per heavy atom. The SMILES string of the molecule is Fc1ccc(Br)c(NCCN2CCOCC2)c1. The van der Waals surface area contributed by atoms with Crippen LogP contribution in [0.1, 0.15) is 0 Å². The lowest BCUT2D eigenvalue weighted by molar-refractivity contribution is 0.0398. The van der Waals surface area contributed by atoms with Gasteiger partial charge in [-0.05, 0) is 34.1 Å². The molecule has 1 aromatic carbocycles. The highest BCUT2D eigenvalue weighted by Gasteiger charge is 2.09. The standard InChI is InChI=1S/C12H16BrFN2O/c13-11-2-1-10(14)9-12(11)15-3-4-16-5-7-17-8-6-16/h1-2,9,15H,3-8H2. The Kier molecular flexibility index (Phi) is 4.76. The van der Waals surface area contributed by atoms with Gasteiger partial charge in [0.25, 0.3) is 0 Å². The summed E-state index contributed by atoms with van der Waals surface area (Å²) in [5.41, 5.74) is 0.804. The minimum atomic E-state index is -0.220. The molecule has 1 N–H and O–H groups in total. The van der Waals surface area contributed by atoms with E-state index >= 15 is 0 Å². The second-order valence-electron chi connectivity index (χ2n) is 4.00. The number of nitrogens with zero attached hydrogens (tertiary/aromatic N) is 1. The Labute approximate surface area is 109 Å². The average Bonchev–Trinajstić information content (AvgIpc) is 2.35. The third-order valence-corrected chi connectivity index (χ3v) is 3.47. The first-order valence-corrected chi connectivity index (χ1v) is 6.54. The van der Waals surface area contributed by atoms with E-state index < -0.39 is 0 Å². The quantitative estimate of drug-likeness (QED) is 0.924. The summed E-state index contributed by atoms with van der Waals surface area (Å²) in [4.78, 5) is 2.34. The largest absolute Gasteiger partial charge is 0.383 e. The van der Waals surface area contributed by atoms with E-state index in [0.717, 1.165) is 49.6 Å². The van der Waals surface area contributed by atoms with Gasteiger partial charge in [0.05, 0.1) is 18.9 Å². The molecule has 0 unspecified atom stereocenters. The maximum atomic E-state index is 13.0. The van der Waals surface area contributed by atoms with Gasteiger partial charge in [-0.1, -0.05) is 0 Å². The predicted octanol–water partition coefficient (Wildman–Crippen LogP) is 2.33. The molecule has 0 spiro atoms. The van der Waals surface area contributed by atoms with Crippen LogP contribution in [0.3, 0.4) is 0 Å². The fourth-order valence-corrected chi connectivity index (χ4v) is 2.19. The molecule has 2 rings (SSSR count). The molecule has 0 saturated carbocycles. The summed E-state index contributed by atoms with van der Waals surface area (Å²) < 4.78 is 19.2. The van der Waals surface area contributed by atoms with Gasteiger partial charge in [0.1, 0.15) is 5.82 Å². The maximum absolute atomic E-state index is 13.0. The minimum Gasteiger partial charge on any atom is -0.383 e. The predicted molar refractivity (Wildman–Crippen MR) is 69.8 cm³/mol. The van der Waals surface area contributed by atoms with E-state index in [-0.39, 0.29) is 5.82 Å². The maximum Gasteiger partial charge on any atom is 0.125 e. The second-order valence-corrected chi connectivity index (χ2v) is 4.86. The number of anilines is 1. The Balaban J connectivity index is 1.79. The first-order valence-electron chi connectivity index (χ1n) is 5.75. The number of halogens is 2. The average molecular weight is 303 g/mol. The van der Waals surface area contributed by atoms with Crippen molar-refractivity contribution in [1.82, 2.24) is 4.90 Å². The number of ether oxygens (including phenoxy) is 1. The van der Waals surface area contributed by atoms with Crippen molar-refractivity contribution in [2.24, 2.45) is 0 Å². The summed E-state index contributed by atoms with van der Waals surface area (Å²) in [5.74, 6) is -0.220.